The molecule has 2 aromatic heterocycles. The Morgan fingerprint density at radius 3 is 2.53 bits per heavy atom. The molecule has 1 atom stereocenters. The molecular formula is C29H31N3O4. The number of hydrogen-bond donors (Lipinski definition) is 1. The highest BCUT2D eigenvalue weighted by atomic mass is 16.5. The number of aliphatic hydroxyl groups is 1. The van der Waals surface area contributed by atoms with Crippen molar-refractivity contribution < 1.29 is 19.0 Å². The van der Waals surface area contributed by atoms with Gasteiger partial charge in [0, 0.05) is 13.1 Å². The summed E-state index contributed by atoms with van der Waals surface area (Å²) in [7, 11) is 0. The third-order valence-corrected chi connectivity index (χ3v) is 5.68. The molecule has 4 aromatic rings. The molecule has 4 rings (SSSR count). The predicted molar refractivity (Wildman–Crippen MR) is 138 cm³/mol. The van der Waals surface area contributed by atoms with Crippen LogP contribution in [0.15, 0.2) is 77.4 Å². The average molecular weight is 486 g/mol. The summed E-state index contributed by atoms with van der Waals surface area (Å²) in [5, 5.41) is 15.4. The molecule has 0 aliphatic rings. The highest BCUT2D eigenvalue weighted by Crippen LogP contribution is 2.32. The van der Waals surface area contributed by atoms with Gasteiger partial charge in [-0.1, -0.05) is 41.8 Å². The third kappa shape index (κ3) is 6.64. The molecule has 0 spiro atoms. The Labute approximate surface area is 211 Å². The van der Waals surface area contributed by atoms with Gasteiger partial charge in [-0.15, -0.1) is 6.42 Å². The van der Waals surface area contributed by atoms with Crippen molar-refractivity contribution in [1.82, 2.24) is 14.7 Å². The summed E-state index contributed by atoms with van der Waals surface area (Å²) in [5.74, 6) is 4.57. The zero-order valence-corrected chi connectivity index (χ0v) is 20.6. The number of aryl methyl sites for hydroxylation is 2. The molecule has 0 bridgehead atoms. The van der Waals surface area contributed by atoms with Crippen molar-refractivity contribution in [3.63, 3.8) is 0 Å². The van der Waals surface area contributed by atoms with E-state index in [-0.39, 0.29) is 13.2 Å². The molecule has 7 nitrogen and oxygen atoms in total. The molecule has 1 N–H and O–H groups in total. The topological polar surface area (TPSA) is 72.9 Å². The molecule has 36 heavy (non-hydrogen) atoms. The Balaban J connectivity index is 1.66. The third-order valence-electron chi connectivity index (χ3n) is 5.68. The lowest BCUT2D eigenvalue weighted by atomic mass is 10.2. The summed E-state index contributed by atoms with van der Waals surface area (Å²) in [4.78, 5) is 2.09. The average Bonchev–Trinajstić information content (AvgIpc) is 3.49. The van der Waals surface area contributed by atoms with E-state index in [0.29, 0.717) is 25.5 Å². The van der Waals surface area contributed by atoms with Crippen molar-refractivity contribution in [2.24, 2.45) is 0 Å². The van der Waals surface area contributed by atoms with E-state index in [2.05, 4.69) is 10.8 Å². The van der Waals surface area contributed by atoms with E-state index in [1.807, 2.05) is 85.3 Å². The summed E-state index contributed by atoms with van der Waals surface area (Å²) < 4.78 is 19.2. The van der Waals surface area contributed by atoms with Gasteiger partial charge in [0.1, 0.15) is 18.1 Å². The molecule has 0 amide bonds. The lowest BCUT2D eigenvalue weighted by Crippen LogP contribution is -2.34. The van der Waals surface area contributed by atoms with E-state index < -0.39 is 6.10 Å². The van der Waals surface area contributed by atoms with Crippen molar-refractivity contribution in [1.29, 1.82) is 0 Å². The van der Waals surface area contributed by atoms with E-state index in [1.54, 1.807) is 6.26 Å². The van der Waals surface area contributed by atoms with Crippen LogP contribution in [0.25, 0.3) is 5.69 Å². The zero-order valence-electron chi connectivity index (χ0n) is 20.6. The first-order chi connectivity index (χ1) is 17.5. The number of rotatable bonds is 12. The highest BCUT2D eigenvalue weighted by molar-refractivity contribution is 5.43. The molecular weight excluding hydrogens is 454 g/mol. The summed E-state index contributed by atoms with van der Waals surface area (Å²) in [6, 6.07) is 21.6. The quantitative estimate of drug-likeness (QED) is 0.228. The number of aliphatic hydroxyl groups excluding tert-OH is 1. The molecule has 0 saturated carbocycles. The smallest absolute Gasteiger partial charge is 0.227 e. The Morgan fingerprint density at radius 2 is 1.83 bits per heavy atom. The van der Waals surface area contributed by atoms with E-state index >= 15 is 0 Å². The minimum Gasteiger partial charge on any atom is -0.468 e. The highest BCUT2D eigenvalue weighted by Gasteiger charge is 2.23. The van der Waals surface area contributed by atoms with Crippen LogP contribution in [0.4, 0.5) is 0 Å². The second-order valence-corrected chi connectivity index (χ2v) is 8.65. The Kier molecular flexibility index (Phi) is 8.58. The standard InChI is InChI=1S/C29H31N3O4/c1-4-16-34-21-25(33)18-31(19-27-11-8-17-35-27)20-28-23(3)30-32(24-9-6-5-7-10-24)29(28)36-26-14-12-22(2)13-15-26/h1,5-15,17,25,33H,16,18-21H2,2-3H3/t25-/m1/s1. The van der Waals surface area contributed by atoms with Crippen LogP contribution >= 0.6 is 0 Å². The molecule has 186 valence electrons. The van der Waals surface area contributed by atoms with Gasteiger partial charge in [0.05, 0.1) is 42.5 Å². The molecule has 0 fully saturated rings. The molecule has 2 aromatic carbocycles. The van der Waals surface area contributed by atoms with Gasteiger partial charge in [-0.2, -0.15) is 5.10 Å². The number of terminal acetylenes is 1. The summed E-state index contributed by atoms with van der Waals surface area (Å²) >= 11 is 0. The molecule has 0 radical (unpaired) electrons. The number of furan rings is 1. The molecule has 0 unspecified atom stereocenters. The van der Waals surface area contributed by atoms with Crippen molar-refractivity contribution in [3.05, 3.63) is 95.6 Å². The van der Waals surface area contributed by atoms with E-state index in [9.17, 15) is 5.11 Å². The van der Waals surface area contributed by atoms with Gasteiger partial charge in [0.15, 0.2) is 0 Å². The molecule has 0 saturated heterocycles. The summed E-state index contributed by atoms with van der Waals surface area (Å²) in [6.07, 6.45) is 6.18. The maximum Gasteiger partial charge on any atom is 0.227 e. The van der Waals surface area contributed by atoms with Gasteiger partial charge in [0.2, 0.25) is 5.88 Å². The minimum atomic E-state index is -0.723. The number of aromatic nitrogens is 2. The summed E-state index contributed by atoms with van der Waals surface area (Å²) in [6.45, 7) is 5.64. The van der Waals surface area contributed by atoms with Crippen molar-refractivity contribution in [2.45, 2.75) is 33.0 Å². The fraction of sp³-hybridized carbons (Fsp3) is 0.276. The normalized spacial score (nSPS) is 12.0. The Hall–Kier alpha value is -3.83. The fourth-order valence-corrected chi connectivity index (χ4v) is 3.92. The van der Waals surface area contributed by atoms with Crippen LogP contribution < -0.4 is 4.74 Å². The molecule has 0 aliphatic carbocycles. The van der Waals surface area contributed by atoms with Crippen LogP contribution in [-0.4, -0.2) is 45.6 Å². The number of para-hydroxylation sites is 1. The largest absolute Gasteiger partial charge is 0.468 e. The van der Waals surface area contributed by atoms with Gasteiger partial charge < -0.3 is 19.0 Å². The lowest BCUT2D eigenvalue weighted by Gasteiger charge is -2.24. The fourth-order valence-electron chi connectivity index (χ4n) is 3.92. The number of nitrogens with zero attached hydrogens (tertiary/aromatic N) is 3. The second kappa shape index (κ2) is 12.2. The van der Waals surface area contributed by atoms with Crippen LogP contribution in [0.1, 0.15) is 22.6 Å². The van der Waals surface area contributed by atoms with E-state index in [0.717, 1.165) is 34.0 Å². The van der Waals surface area contributed by atoms with Gasteiger partial charge in [0.25, 0.3) is 0 Å². The number of benzene rings is 2. The molecule has 2 heterocycles. The summed E-state index contributed by atoms with van der Waals surface area (Å²) in [5.41, 5.74) is 3.81. The van der Waals surface area contributed by atoms with Crippen molar-refractivity contribution in [2.75, 3.05) is 19.8 Å². The minimum absolute atomic E-state index is 0.147. The zero-order chi connectivity index (χ0) is 25.3. The van der Waals surface area contributed by atoms with Crippen LogP contribution in [0.5, 0.6) is 11.6 Å². The predicted octanol–water partition coefficient (Wildman–Crippen LogP) is 4.89. The molecule has 7 heteroatoms. The number of ether oxygens (including phenoxy) is 2. The van der Waals surface area contributed by atoms with Gasteiger partial charge in [-0.3, -0.25) is 4.90 Å². The Morgan fingerprint density at radius 1 is 1.06 bits per heavy atom. The van der Waals surface area contributed by atoms with Crippen LogP contribution in [0.3, 0.4) is 0 Å². The first-order valence-electron chi connectivity index (χ1n) is 11.9. The van der Waals surface area contributed by atoms with Crippen LogP contribution in [0.2, 0.25) is 0 Å². The SMILES string of the molecule is C#CCOC[C@H](O)CN(Cc1ccco1)Cc1c(C)nn(-c2ccccc2)c1Oc1ccc(C)cc1. The second-order valence-electron chi connectivity index (χ2n) is 8.65. The van der Waals surface area contributed by atoms with Crippen molar-refractivity contribution in [3.8, 4) is 29.7 Å². The monoisotopic (exact) mass is 485 g/mol. The first kappa shape index (κ1) is 25.3. The Bertz CT molecular complexity index is 1260. The number of hydrogen-bond acceptors (Lipinski definition) is 6. The van der Waals surface area contributed by atoms with Crippen LogP contribution in [0, 0.1) is 26.2 Å². The first-order valence-corrected chi connectivity index (χ1v) is 11.9. The molecule has 0 aliphatic heterocycles. The van der Waals surface area contributed by atoms with Gasteiger partial charge in [-0.25, -0.2) is 4.68 Å². The maximum absolute atomic E-state index is 10.6. The van der Waals surface area contributed by atoms with Gasteiger partial charge >= 0.3 is 0 Å². The van der Waals surface area contributed by atoms with Crippen LogP contribution in [-0.2, 0) is 17.8 Å². The van der Waals surface area contributed by atoms with Crippen molar-refractivity contribution >= 4 is 0 Å². The maximum atomic E-state index is 10.6. The van der Waals surface area contributed by atoms with Gasteiger partial charge in [-0.05, 0) is 50.2 Å². The van der Waals surface area contributed by atoms with E-state index in [4.69, 9.17) is 25.4 Å². The van der Waals surface area contributed by atoms with E-state index in [1.165, 1.54) is 0 Å². The lowest BCUT2D eigenvalue weighted by molar-refractivity contribution is 0.0228.